The monoisotopic (exact) mass is 196 g/mol. The van der Waals surface area contributed by atoms with E-state index in [4.69, 9.17) is 17.0 Å². The van der Waals surface area contributed by atoms with E-state index in [9.17, 15) is 0 Å². The lowest BCUT2D eigenvalue weighted by atomic mass is 10.6. The van der Waals surface area contributed by atoms with Crippen molar-refractivity contribution >= 4 is 17.9 Å². The molecule has 0 bridgehead atoms. The number of aromatic amines is 1. The van der Waals surface area contributed by atoms with Crippen molar-refractivity contribution in [2.45, 2.75) is 6.61 Å². The number of H-pyrrole nitrogens is 1. The van der Waals surface area contributed by atoms with Gasteiger partial charge in [-0.2, -0.15) is 0 Å². The maximum Gasteiger partial charge on any atom is 0.195 e. The molecular weight excluding hydrogens is 188 g/mol. The van der Waals surface area contributed by atoms with Gasteiger partial charge < -0.3 is 9.72 Å². The van der Waals surface area contributed by atoms with Gasteiger partial charge >= 0.3 is 0 Å². The van der Waals surface area contributed by atoms with Crippen molar-refractivity contribution in [2.24, 2.45) is 0 Å². The standard InChI is InChI=1S/C7H8N4OS/c1-12-4-5-9-10-6-7(13)8-2-3-11(5)6/h2-3H,4H2,1H3,(H,8,13). The van der Waals surface area contributed by atoms with Gasteiger partial charge in [-0.25, -0.2) is 0 Å². The molecule has 6 heteroatoms. The lowest BCUT2D eigenvalue weighted by Crippen LogP contribution is -1.96. The molecule has 0 aliphatic rings. The fourth-order valence-electron chi connectivity index (χ4n) is 1.11. The topological polar surface area (TPSA) is 55.2 Å². The SMILES string of the molecule is COCc1nnc2c(=S)[nH]ccn12. The molecule has 2 heterocycles. The highest BCUT2D eigenvalue weighted by molar-refractivity contribution is 7.71. The zero-order chi connectivity index (χ0) is 9.26. The average molecular weight is 196 g/mol. The lowest BCUT2D eigenvalue weighted by molar-refractivity contribution is 0.177. The van der Waals surface area contributed by atoms with Crippen LogP contribution in [0, 0.1) is 4.64 Å². The van der Waals surface area contributed by atoms with Crippen LogP contribution in [0.3, 0.4) is 0 Å². The summed E-state index contributed by atoms with van der Waals surface area (Å²) in [5, 5.41) is 7.88. The first kappa shape index (κ1) is 8.33. The van der Waals surface area contributed by atoms with E-state index < -0.39 is 0 Å². The molecule has 2 aromatic heterocycles. The molecule has 13 heavy (non-hydrogen) atoms. The Kier molecular flexibility index (Phi) is 2.07. The number of hydrogen-bond acceptors (Lipinski definition) is 4. The van der Waals surface area contributed by atoms with Crippen LogP contribution in [-0.4, -0.2) is 26.7 Å². The second-order valence-corrected chi connectivity index (χ2v) is 2.94. The quantitative estimate of drug-likeness (QED) is 0.726. The van der Waals surface area contributed by atoms with Crippen LogP contribution < -0.4 is 0 Å². The summed E-state index contributed by atoms with van der Waals surface area (Å²) in [4.78, 5) is 2.88. The summed E-state index contributed by atoms with van der Waals surface area (Å²) in [5.74, 6) is 0.748. The number of ether oxygens (including phenoxy) is 1. The summed E-state index contributed by atoms with van der Waals surface area (Å²) in [6, 6.07) is 0. The Morgan fingerprint density at radius 2 is 2.46 bits per heavy atom. The van der Waals surface area contributed by atoms with Crippen molar-refractivity contribution in [2.75, 3.05) is 7.11 Å². The van der Waals surface area contributed by atoms with E-state index in [1.54, 1.807) is 13.3 Å². The Hall–Kier alpha value is -1.27. The summed E-state index contributed by atoms with van der Waals surface area (Å²) in [6.07, 6.45) is 3.57. The fourth-order valence-corrected chi connectivity index (χ4v) is 1.32. The van der Waals surface area contributed by atoms with Crippen molar-refractivity contribution in [3.8, 4) is 0 Å². The van der Waals surface area contributed by atoms with Crippen molar-refractivity contribution in [1.29, 1.82) is 0 Å². The second kappa shape index (κ2) is 3.23. The van der Waals surface area contributed by atoms with Gasteiger partial charge in [0, 0.05) is 19.5 Å². The van der Waals surface area contributed by atoms with Crippen LogP contribution in [-0.2, 0) is 11.3 Å². The van der Waals surface area contributed by atoms with Crippen molar-refractivity contribution in [1.82, 2.24) is 19.6 Å². The van der Waals surface area contributed by atoms with Crippen LogP contribution in [0.5, 0.6) is 0 Å². The minimum Gasteiger partial charge on any atom is -0.377 e. The summed E-state index contributed by atoms with van der Waals surface area (Å²) < 4.78 is 7.36. The Morgan fingerprint density at radius 3 is 3.23 bits per heavy atom. The van der Waals surface area contributed by atoms with E-state index in [-0.39, 0.29) is 0 Å². The molecule has 0 saturated heterocycles. The molecule has 68 valence electrons. The number of methoxy groups -OCH3 is 1. The van der Waals surface area contributed by atoms with E-state index in [0.717, 1.165) is 5.82 Å². The third kappa shape index (κ3) is 1.34. The molecule has 0 aliphatic heterocycles. The Balaban J connectivity index is 2.68. The summed E-state index contributed by atoms with van der Waals surface area (Å²) >= 11 is 5.03. The minimum atomic E-state index is 0.431. The molecule has 0 amide bonds. The van der Waals surface area contributed by atoms with Gasteiger partial charge in [0.25, 0.3) is 0 Å². The number of rotatable bonds is 2. The predicted octanol–water partition coefficient (Wildman–Crippen LogP) is 0.933. The molecule has 2 aromatic rings. The first-order chi connectivity index (χ1) is 6.33. The first-order valence-corrected chi connectivity index (χ1v) is 4.14. The van der Waals surface area contributed by atoms with Gasteiger partial charge in [-0.15, -0.1) is 10.2 Å². The lowest BCUT2D eigenvalue weighted by Gasteiger charge is -1.96. The number of fused-ring (bicyclic) bond motifs is 1. The zero-order valence-corrected chi connectivity index (χ0v) is 7.84. The van der Waals surface area contributed by atoms with E-state index in [1.807, 2.05) is 10.6 Å². The van der Waals surface area contributed by atoms with E-state index in [1.165, 1.54) is 0 Å². The van der Waals surface area contributed by atoms with Crippen molar-refractivity contribution < 1.29 is 4.74 Å². The average Bonchev–Trinajstić information content (AvgIpc) is 2.51. The molecule has 0 aromatic carbocycles. The number of aromatic nitrogens is 4. The molecule has 0 radical (unpaired) electrons. The van der Waals surface area contributed by atoms with Gasteiger partial charge in [-0.05, 0) is 0 Å². The fraction of sp³-hybridized carbons (Fsp3) is 0.286. The van der Waals surface area contributed by atoms with Crippen LogP contribution >= 0.6 is 12.2 Å². The van der Waals surface area contributed by atoms with Crippen LogP contribution in [0.15, 0.2) is 12.4 Å². The van der Waals surface area contributed by atoms with E-state index in [0.29, 0.717) is 16.9 Å². The molecule has 0 aliphatic carbocycles. The Morgan fingerprint density at radius 1 is 1.62 bits per heavy atom. The molecule has 0 unspecified atom stereocenters. The maximum atomic E-state index is 5.03. The predicted molar refractivity (Wildman–Crippen MR) is 48.9 cm³/mol. The Labute approximate surface area is 79.4 Å². The van der Waals surface area contributed by atoms with Crippen LogP contribution in [0.25, 0.3) is 5.65 Å². The van der Waals surface area contributed by atoms with Crippen LogP contribution in [0.2, 0.25) is 0 Å². The van der Waals surface area contributed by atoms with Crippen LogP contribution in [0.4, 0.5) is 0 Å². The number of hydrogen-bond donors (Lipinski definition) is 1. The highest BCUT2D eigenvalue weighted by Gasteiger charge is 2.04. The second-order valence-electron chi connectivity index (χ2n) is 2.53. The maximum absolute atomic E-state index is 5.03. The highest BCUT2D eigenvalue weighted by atomic mass is 32.1. The van der Waals surface area contributed by atoms with Gasteiger partial charge in [0.15, 0.2) is 11.5 Å². The van der Waals surface area contributed by atoms with Crippen LogP contribution in [0.1, 0.15) is 5.82 Å². The highest BCUT2D eigenvalue weighted by Crippen LogP contribution is 2.03. The molecule has 0 saturated carbocycles. The summed E-state index contributed by atoms with van der Waals surface area (Å²) in [5.41, 5.74) is 0.657. The van der Waals surface area contributed by atoms with E-state index >= 15 is 0 Å². The third-order valence-corrected chi connectivity index (χ3v) is 1.98. The molecular formula is C7H8N4OS. The van der Waals surface area contributed by atoms with Gasteiger partial charge in [0.2, 0.25) is 0 Å². The van der Waals surface area contributed by atoms with Gasteiger partial charge in [0.05, 0.1) is 0 Å². The van der Waals surface area contributed by atoms with Gasteiger partial charge in [0.1, 0.15) is 11.2 Å². The minimum absolute atomic E-state index is 0.431. The zero-order valence-electron chi connectivity index (χ0n) is 7.02. The summed E-state index contributed by atoms with van der Waals surface area (Å²) in [6.45, 7) is 0.431. The molecule has 1 N–H and O–H groups in total. The van der Waals surface area contributed by atoms with Gasteiger partial charge in [-0.1, -0.05) is 12.2 Å². The largest absolute Gasteiger partial charge is 0.377 e. The molecule has 0 spiro atoms. The van der Waals surface area contributed by atoms with Crippen molar-refractivity contribution in [3.63, 3.8) is 0 Å². The summed E-state index contributed by atoms with van der Waals surface area (Å²) in [7, 11) is 1.62. The first-order valence-electron chi connectivity index (χ1n) is 3.73. The van der Waals surface area contributed by atoms with E-state index in [2.05, 4.69) is 15.2 Å². The smallest absolute Gasteiger partial charge is 0.195 e. The van der Waals surface area contributed by atoms with Crippen molar-refractivity contribution in [3.05, 3.63) is 22.9 Å². The molecule has 2 rings (SSSR count). The normalized spacial score (nSPS) is 10.8. The number of nitrogens with one attached hydrogen (secondary N) is 1. The third-order valence-electron chi connectivity index (χ3n) is 1.68. The molecule has 5 nitrogen and oxygen atoms in total. The molecule has 0 atom stereocenters. The molecule has 0 fully saturated rings. The Bertz CT molecular complexity index is 475. The number of nitrogens with zero attached hydrogens (tertiary/aromatic N) is 3. The van der Waals surface area contributed by atoms with Gasteiger partial charge in [-0.3, -0.25) is 4.40 Å².